The number of nitrogens with zero attached hydrogens (tertiary/aromatic N) is 3. The Kier molecular flexibility index (Phi) is 4.37. The lowest BCUT2D eigenvalue weighted by atomic mass is 10.2. The van der Waals surface area contributed by atoms with Crippen molar-refractivity contribution in [2.45, 2.75) is 39.7 Å². The van der Waals surface area contributed by atoms with Crippen LogP contribution >= 0.6 is 0 Å². The first kappa shape index (κ1) is 13.3. The third kappa shape index (κ3) is 2.89. The van der Waals surface area contributed by atoms with Gasteiger partial charge in [0.05, 0.1) is 11.8 Å². The van der Waals surface area contributed by atoms with E-state index < -0.39 is 0 Å². The van der Waals surface area contributed by atoms with Gasteiger partial charge in [-0.05, 0) is 20.3 Å². The minimum Gasteiger partial charge on any atom is -0.474 e. The Bertz CT molecular complexity index is 412. The van der Waals surface area contributed by atoms with Crippen molar-refractivity contribution in [3.05, 3.63) is 11.3 Å². The highest BCUT2D eigenvalue weighted by atomic mass is 16.5. The van der Waals surface area contributed by atoms with Crippen LogP contribution in [-0.4, -0.2) is 26.9 Å². The van der Waals surface area contributed by atoms with Crippen molar-refractivity contribution in [2.24, 2.45) is 17.9 Å². The van der Waals surface area contributed by atoms with Crippen LogP contribution in [-0.2, 0) is 7.05 Å². The molecule has 0 bridgehead atoms. The van der Waals surface area contributed by atoms with Crippen LogP contribution in [0.2, 0.25) is 0 Å². The largest absolute Gasteiger partial charge is 0.474 e. The van der Waals surface area contributed by atoms with E-state index in [0.717, 1.165) is 12.8 Å². The maximum absolute atomic E-state index is 8.75. The highest BCUT2D eigenvalue weighted by Crippen LogP contribution is 2.23. The second kappa shape index (κ2) is 5.56. The van der Waals surface area contributed by atoms with E-state index in [1.807, 2.05) is 6.92 Å². The van der Waals surface area contributed by atoms with Gasteiger partial charge in [0, 0.05) is 7.05 Å². The van der Waals surface area contributed by atoms with Gasteiger partial charge in [-0.25, -0.2) is 4.68 Å². The normalized spacial score (nSPS) is 13.8. The molecule has 6 nitrogen and oxygen atoms in total. The molecule has 3 N–H and O–H groups in total. The molecule has 1 aromatic rings. The van der Waals surface area contributed by atoms with Gasteiger partial charge in [-0.2, -0.15) is 5.10 Å². The Hall–Kier alpha value is -1.72. The molecule has 0 radical (unpaired) electrons. The Morgan fingerprint density at radius 1 is 1.65 bits per heavy atom. The third-order valence-electron chi connectivity index (χ3n) is 2.54. The number of hydrogen-bond acceptors (Lipinski definition) is 4. The summed E-state index contributed by atoms with van der Waals surface area (Å²) >= 11 is 0. The van der Waals surface area contributed by atoms with Crippen LogP contribution in [0.25, 0.3) is 0 Å². The first-order chi connectivity index (χ1) is 8.01. The molecule has 0 aliphatic rings. The first-order valence-electron chi connectivity index (χ1n) is 5.69. The molecule has 0 spiro atoms. The van der Waals surface area contributed by atoms with Gasteiger partial charge in [-0.1, -0.05) is 18.5 Å². The van der Waals surface area contributed by atoms with E-state index in [-0.39, 0.29) is 11.9 Å². The summed E-state index contributed by atoms with van der Waals surface area (Å²) in [7, 11) is 1.77. The Balaban J connectivity index is 3.05. The molecule has 1 atom stereocenters. The Morgan fingerprint density at radius 2 is 2.29 bits per heavy atom. The quantitative estimate of drug-likeness (QED) is 0.352. The molecule has 1 aromatic heterocycles. The fraction of sp³-hybridized carbons (Fsp3) is 0.636. The molecule has 0 saturated heterocycles. The number of rotatable bonds is 5. The molecule has 1 unspecified atom stereocenters. The molecule has 0 aromatic carbocycles. The number of hydrogen-bond donors (Lipinski definition) is 2. The summed E-state index contributed by atoms with van der Waals surface area (Å²) in [5.74, 6) is 0.563. The van der Waals surface area contributed by atoms with Gasteiger partial charge in [0.25, 0.3) is 0 Å². The molecule has 0 aliphatic carbocycles. The summed E-state index contributed by atoms with van der Waals surface area (Å²) in [5, 5.41) is 16.0. The van der Waals surface area contributed by atoms with Crippen molar-refractivity contribution in [1.82, 2.24) is 9.78 Å². The highest BCUT2D eigenvalue weighted by Gasteiger charge is 2.20. The van der Waals surface area contributed by atoms with Crippen molar-refractivity contribution in [1.29, 1.82) is 0 Å². The van der Waals surface area contributed by atoms with Gasteiger partial charge in [0.15, 0.2) is 5.84 Å². The van der Waals surface area contributed by atoms with Crippen LogP contribution in [0.5, 0.6) is 5.88 Å². The van der Waals surface area contributed by atoms with Crippen LogP contribution in [0, 0.1) is 6.92 Å². The summed E-state index contributed by atoms with van der Waals surface area (Å²) in [6.07, 6.45) is 2.05. The monoisotopic (exact) mass is 240 g/mol. The third-order valence-corrected chi connectivity index (χ3v) is 2.54. The van der Waals surface area contributed by atoms with E-state index >= 15 is 0 Å². The van der Waals surface area contributed by atoms with E-state index in [1.165, 1.54) is 0 Å². The fourth-order valence-corrected chi connectivity index (χ4v) is 1.77. The molecular weight excluding hydrogens is 220 g/mol. The number of oxime groups is 1. The van der Waals surface area contributed by atoms with E-state index in [2.05, 4.69) is 17.2 Å². The zero-order valence-corrected chi connectivity index (χ0v) is 10.8. The number of amidine groups is 1. The summed E-state index contributed by atoms with van der Waals surface area (Å²) < 4.78 is 7.40. The van der Waals surface area contributed by atoms with Gasteiger partial charge < -0.3 is 15.7 Å². The van der Waals surface area contributed by atoms with E-state index in [9.17, 15) is 0 Å². The summed E-state index contributed by atoms with van der Waals surface area (Å²) in [5.41, 5.74) is 6.86. The van der Waals surface area contributed by atoms with Gasteiger partial charge in [0.1, 0.15) is 5.56 Å². The molecular formula is C11H20N4O2. The number of aromatic nitrogens is 2. The molecule has 17 heavy (non-hydrogen) atoms. The lowest BCUT2D eigenvalue weighted by Crippen LogP contribution is -2.19. The Labute approximate surface area is 101 Å². The van der Waals surface area contributed by atoms with Gasteiger partial charge in [0.2, 0.25) is 5.88 Å². The fourth-order valence-electron chi connectivity index (χ4n) is 1.77. The van der Waals surface area contributed by atoms with Gasteiger partial charge in [-0.15, -0.1) is 0 Å². The second-order valence-electron chi connectivity index (χ2n) is 4.09. The van der Waals surface area contributed by atoms with E-state index in [4.69, 9.17) is 15.7 Å². The standard InChI is InChI=1S/C11H20N4O2/c1-5-6-7(2)17-11-9(10(12)14-16)8(3)13-15(11)4/h7,16H,5-6H2,1-4H3,(H2,12,14). The van der Waals surface area contributed by atoms with E-state index in [1.54, 1.807) is 18.7 Å². The number of ether oxygens (including phenoxy) is 1. The second-order valence-corrected chi connectivity index (χ2v) is 4.09. The Morgan fingerprint density at radius 3 is 2.82 bits per heavy atom. The minimum atomic E-state index is 0.0225. The van der Waals surface area contributed by atoms with Crippen LogP contribution in [0.15, 0.2) is 5.16 Å². The first-order valence-corrected chi connectivity index (χ1v) is 5.69. The summed E-state index contributed by atoms with van der Waals surface area (Å²) in [4.78, 5) is 0. The predicted octanol–water partition coefficient (Wildman–Crippen LogP) is 1.39. The van der Waals surface area contributed by atoms with Crippen molar-refractivity contribution in [3.63, 3.8) is 0 Å². The average Bonchev–Trinajstić information content (AvgIpc) is 2.53. The van der Waals surface area contributed by atoms with E-state index in [0.29, 0.717) is 17.1 Å². The molecule has 0 aliphatic heterocycles. The molecule has 1 heterocycles. The van der Waals surface area contributed by atoms with Crippen LogP contribution in [0.4, 0.5) is 0 Å². The predicted molar refractivity (Wildman–Crippen MR) is 65.5 cm³/mol. The maximum Gasteiger partial charge on any atom is 0.223 e. The van der Waals surface area contributed by atoms with Gasteiger partial charge >= 0.3 is 0 Å². The summed E-state index contributed by atoms with van der Waals surface area (Å²) in [6, 6.07) is 0. The lowest BCUT2D eigenvalue weighted by Gasteiger charge is -2.14. The van der Waals surface area contributed by atoms with Crippen molar-refractivity contribution >= 4 is 5.84 Å². The molecule has 96 valence electrons. The summed E-state index contributed by atoms with van der Waals surface area (Å²) in [6.45, 7) is 5.88. The van der Waals surface area contributed by atoms with Crippen molar-refractivity contribution in [2.75, 3.05) is 0 Å². The topological polar surface area (TPSA) is 85.7 Å². The molecule has 0 amide bonds. The minimum absolute atomic E-state index is 0.0225. The zero-order chi connectivity index (χ0) is 13.0. The molecule has 0 fully saturated rings. The van der Waals surface area contributed by atoms with Crippen molar-refractivity contribution < 1.29 is 9.94 Å². The van der Waals surface area contributed by atoms with Crippen LogP contribution in [0.1, 0.15) is 37.9 Å². The van der Waals surface area contributed by atoms with Crippen LogP contribution in [0.3, 0.4) is 0 Å². The smallest absolute Gasteiger partial charge is 0.223 e. The maximum atomic E-state index is 8.75. The van der Waals surface area contributed by atoms with Crippen molar-refractivity contribution in [3.8, 4) is 5.88 Å². The molecule has 0 saturated carbocycles. The molecule has 6 heteroatoms. The number of nitrogens with two attached hydrogens (primary N) is 1. The highest BCUT2D eigenvalue weighted by molar-refractivity contribution is 6.00. The average molecular weight is 240 g/mol. The SMILES string of the molecule is CCCC(C)Oc1c(C(N)=NO)c(C)nn1C. The van der Waals surface area contributed by atoms with Crippen LogP contribution < -0.4 is 10.5 Å². The zero-order valence-electron chi connectivity index (χ0n) is 10.8. The van der Waals surface area contributed by atoms with Gasteiger partial charge in [-0.3, -0.25) is 0 Å². The lowest BCUT2D eigenvalue weighted by molar-refractivity contribution is 0.192. The number of aryl methyl sites for hydroxylation is 2. The molecule has 1 rings (SSSR count).